The van der Waals surface area contributed by atoms with Gasteiger partial charge in [-0.05, 0) is 37.1 Å². The Morgan fingerprint density at radius 1 is 1.28 bits per heavy atom. The van der Waals surface area contributed by atoms with Crippen LogP contribution in [0.25, 0.3) is 0 Å². The van der Waals surface area contributed by atoms with Crippen molar-refractivity contribution in [1.82, 2.24) is 4.90 Å². The average molecular weight is 249 g/mol. The summed E-state index contributed by atoms with van der Waals surface area (Å²) >= 11 is 0. The van der Waals surface area contributed by atoms with Crippen molar-refractivity contribution in [2.75, 3.05) is 13.6 Å². The van der Waals surface area contributed by atoms with Crippen LogP contribution in [0.1, 0.15) is 28.4 Å². The van der Waals surface area contributed by atoms with Gasteiger partial charge < -0.3 is 10.0 Å². The number of nitrogens with zero attached hydrogens (tertiary/aromatic N) is 1. The Kier molecular flexibility index (Phi) is 4.48. The molecular formula is C14H19NO3. The van der Waals surface area contributed by atoms with Crippen LogP contribution in [0.3, 0.4) is 0 Å². The first kappa shape index (κ1) is 14.2. The van der Waals surface area contributed by atoms with Gasteiger partial charge in [0, 0.05) is 19.2 Å². The molecule has 98 valence electrons. The monoisotopic (exact) mass is 249 g/mol. The summed E-state index contributed by atoms with van der Waals surface area (Å²) in [6, 6.07) is 5.50. The molecule has 1 atom stereocenters. The Labute approximate surface area is 107 Å². The van der Waals surface area contributed by atoms with Crippen LogP contribution in [-0.2, 0) is 4.79 Å². The summed E-state index contributed by atoms with van der Waals surface area (Å²) in [5.74, 6) is -1.61. The molecule has 0 bridgehead atoms. The first-order chi connectivity index (χ1) is 8.32. The number of hydrogen-bond donors (Lipinski definition) is 1. The first-order valence-electron chi connectivity index (χ1n) is 5.88. The van der Waals surface area contributed by atoms with Gasteiger partial charge in [-0.25, -0.2) is 0 Å². The largest absolute Gasteiger partial charge is 0.481 e. The fourth-order valence-electron chi connectivity index (χ4n) is 1.67. The van der Waals surface area contributed by atoms with Gasteiger partial charge in [0.2, 0.25) is 0 Å². The number of rotatable bonds is 4. The quantitative estimate of drug-likeness (QED) is 0.889. The topological polar surface area (TPSA) is 57.6 Å². The molecule has 0 radical (unpaired) electrons. The number of carbonyl (C=O) groups is 2. The molecule has 1 unspecified atom stereocenters. The molecule has 1 amide bonds. The summed E-state index contributed by atoms with van der Waals surface area (Å²) in [5.41, 5.74) is 2.78. The van der Waals surface area contributed by atoms with Gasteiger partial charge in [-0.2, -0.15) is 0 Å². The van der Waals surface area contributed by atoms with Crippen LogP contribution in [0.4, 0.5) is 0 Å². The summed E-state index contributed by atoms with van der Waals surface area (Å²) in [7, 11) is 1.62. The lowest BCUT2D eigenvalue weighted by Crippen LogP contribution is -2.33. The molecule has 0 aliphatic heterocycles. The average Bonchev–Trinajstić information content (AvgIpc) is 2.31. The molecule has 18 heavy (non-hydrogen) atoms. The summed E-state index contributed by atoms with van der Waals surface area (Å²) in [6.07, 6.45) is 0. The fraction of sp³-hybridized carbons (Fsp3) is 0.429. The van der Waals surface area contributed by atoms with Gasteiger partial charge in [0.05, 0.1) is 5.92 Å². The van der Waals surface area contributed by atoms with Gasteiger partial charge >= 0.3 is 5.97 Å². The number of aryl methyl sites for hydroxylation is 2. The maximum atomic E-state index is 12.1. The normalized spacial score (nSPS) is 12.0. The summed E-state index contributed by atoms with van der Waals surface area (Å²) in [4.78, 5) is 24.3. The van der Waals surface area contributed by atoms with Crippen LogP contribution in [0.2, 0.25) is 0 Å². The fourth-order valence-corrected chi connectivity index (χ4v) is 1.67. The smallest absolute Gasteiger partial charge is 0.308 e. The van der Waals surface area contributed by atoms with Crippen LogP contribution in [0.15, 0.2) is 18.2 Å². The molecule has 1 aromatic rings. The molecule has 0 fully saturated rings. The number of carboxylic acid groups (broad SMARTS) is 1. The van der Waals surface area contributed by atoms with E-state index in [9.17, 15) is 9.59 Å². The maximum absolute atomic E-state index is 12.1. The molecule has 1 N–H and O–H groups in total. The van der Waals surface area contributed by atoms with Gasteiger partial charge in [-0.15, -0.1) is 0 Å². The van der Waals surface area contributed by atoms with Gasteiger partial charge in [0.25, 0.3) is 5.91 Å². The molecule has 0 heterocycles. The van der Waals surface area contributed by atoms with E-state index >= 15 is 0 Å². The van der Waals surface area contributed by atoms with E-state index in [4.69, 9.17) is 5.11 Å². The summed E-state index contributed by atoms with van der Waals surface area (Å²) < 4.78 is 0. The zero-order valence-electron chi connectivity index (χ0n) is 11.2. The Morgan fingerprint density at radius 2 is 1.89 bits per heavy atom. The number of carbonyl (C=O) groups excluding carboxylic acids is 1. The predicted molar refractivity (Wildman–Crippen MR) is 69.7 cm³/mol. The van der Waals surface area contributed by atoms with Crippen molar-refractivity contribution in [3.05, 3.63) is 34.9 Å². The minimum atomic E-state index is -0.894. The molecule has 1 rings (SSSR count). The predicted octanol–water partition coefficient (Wildman–Crippen LogP) is 2.10. The van der Waals surface area contributed by atoms with Crippen molar-refractivity contribution in [3.63, 3.8) is 0 Å². The highest BCUT2D eigenvalue weighted by Gasteiger charge is 2.18. The molecule has 0 aliphatic carbocycles. The second-order valence-corrected chi connectivity index (χ2v) is 4.72. The molecule has 4 heteroatoms. The Balaban J connectivity index is 2.80. The number of hydrogen-bond acceptors (Lipinski definition) is 2. The van der Waals surface area contributed by atoms with Crippen LogP contribution in [-0.4, -0.2) is 35.5 Å². The minimum Gasteiger partial charge on any atom is -0.481 e. The molecule has 0 spiro atoms. The van der Waals surface area contributed by atoms with E-state index in [2.05, 4.69) is 0 Å². The molecule has 4 nitrogen and oxygen atoms in total. The second-order valence-electron chi connectivity index (χ2n) is 4.72. The van der Waals surface area contributed by atoms with Crippen molar-refractivity contribution < 1.29 is 14.7 Å². The Bertz CT molecular complexity index is 468. The molecule has 0 saturated carbocycles. The van der Waals surface area contributed by atoms with Crippen molar-refractivity contribution in [3.8, 4) is 0 Å². The van der Waals surface area contributed by atoms with Crippen LogP contribution in [0, 0.1) is 19.8 Å². The zero-order valence-corrected chi connectivity index (χ0v) is 11.2. The number of carboxylic acids is 1. The third kappa shape index (κ3) is 3.32. The third-order valence-corrected chi connectivity index (χ3v) is 3.07. The summed E-state index contributed by atoms with van der Waals surface area (Å²) in [6.45, 7) is 5.74. The molecule has 0 saturated heterocycles. The molecule has 0 aromatic heterocycles. The molecule has 1 aromatic carbocycles. The Hall–Kier alpha value is -1.84. The van der Waals surface area contributed by atoms with Crippen molar-refractivity contribution in [1.29, 1.82) is 0 Å². The van der Waals surface area contributed by atoms with Crippen molar-refractivity contribution in [2.45, 2.75) is 20.8 Å². The maximum Gasteiger partial charge on any atom is 0.308 e. The van der Waals surface area contributed by atoms with E-state index in [-0.39, 0.29) is 12.5 Å². The minimum absolute atomic E-state index is 0.147. The van der Waals surface area contributed by atoms with Gasteiger partial charge in [-0.1, -0.05) is 13.0 Å². The number of amides is 1. The summed E-state index contributed by atoms with van der Waals surface area (Å²) in [5, 5.41) is 8.83. The lowest BCUT2D eigenvalue weighted by atomic mass is 10.1. The highest BCUT2D eigenvalue weighted by atomic mass is 16.4. The van der Waals surface area contributed by atoms with E-state index in [0.29, 0.717) is 5.56 Å². The Morgan fingerprint density at radius 3 is 2.39 bits per heavy atom. The van der Waals surface area contributed by atoms with Gasteiger partial charge in [0.15, 0.2) is 0 Å². The SMILES string of the molecule is Cc1ccc(C(=O)N(C)CC(C)C(=O)O)cc1C. The van der Waals surface area contributed by atoms with E-state index in [0.717, 1.165) is 11.1 Å². The third-order valence-electron chi connectivity index (χ3n) is 3.07. The van der Waals surface area contributed by atoms with E-state index in [1.165, 1.54) is 4.90 Å². The highest BCUT2D eigenvalue weighted by molar-refractivity contribution is 5.94. The molecular weight excluding hydrogens is 230 g/mol. The van der Waals surface area contributed by atoms with E-state index in [1.54, 1.807) is 20.0 Å². The van der Waals surface area contributed by atoms with Gasteiger partial charge in [0.1, 0.15) is 0 Å². The second kappa shape index (κ2) is 5.67. The molecule has 0 aliphatic rings. The van der Waals surface area contributed by atoms with Crippen LogP contribution >= 0.6 is 0 Å². The standard InChI is InChI=1S/C14H19NO3/c1-9-5-6-12(7-10(9)2)13(16)15(4)8-11(3)14(17)18/h5-7,11H,8H2,1-4H3,(H,17,18). The highest BCUT2D eigenvalue weighted by Crippen LogP contribution is 2.12. The number of benzene rings is 1. The number of aliphatic carboxylic acids is 1. The lowest BCUT2D eigenvalue weighted by molar-refractivity contribution is -0.141. The van der Waals surface area contributed by atoms with Crippen molar-refractivity contribution in [2.24, 2.45) is 5.92 Å². The van der Waals surface area contributed by atoms with Crippen molar-refractivity contribution >= 4 is 11.9 Å². The first-order valence-corrected chi connectivity index (χ1v) is 5.88. The van der Waals surface area contributed by atoms with Crippen LogP contribution in [0.5, 0.6) is 0 Å². The lowest BCUT2D eigenvalue weighted by Gasteiger charge is -2.19. The zero-order chi connectivity index (χ0) is 13.9. The van der Waals surface area contributed by atoms with Crippen LogP contribution < -0.4 is 0 Å². The van der Waals surface area contributed by atoms with E-state index < -0.39 is 11.9 Å². The van der Waals surface area contributed by atoms with E-state index in [1.807, 2.05) is 26.0 Å². The van der Waals surface area contributed by atoms with Gasteiger partial charge in [-0.3, -0.25) is 9.59 Å².